The Labute approximate surface area is 124 Å². The van der Waals surface area contributed by atoms with E-state index in [1.54, 1.807) is 13.2 Å². The summed E-state index contributed by atoms with van der Waals surface area (Å²) in [7, 11) is 1.57. The first kappa shape index (κ1) is 15.4. The molecule has 1 aliphatic rings. The van der Waals surface area contributed by atoms with Crippen molar-refractivity contribution < 1.29 is 24.1 Å². The third-order valence-corrected chi connectivity index (χ3v) is 3.32. The van der Waals surface area contributed by atoms with Crippen molar-refractivity contribution in [1.29, 1.82) is 0 Å². The number of hydrogen-bond donors (Lipinski definition) is 2. The van der Waals surface area contributed by atoms with E-state index in [1.807, 2.05) is 19.9 Å². The summed E-state index contributed by atoms with van der Waals surface area (Å²) in [5.74, 6) is 1.41. The highest BCUT2D eigenvalue weighted by molar-refractivity contribution is 5.73. The molecule has 1 aliphatic heterocycles. The summed E-state index contributed by atoms with van der Waals surface area (Å²) in [5.41, 5.74) is 0.844. The zero-order valence-corrected chi connectivity index (χ0v) is 12.5. The summed E-state index contributed by atoms with van der Waals surface area (Å²) in [4.78, 5) is 11.3. The number of ether oxygens (including phenoxy) is 3. The van der Waals surface area contributed by atoms with Gasteiger partial charge in [0.15, 0.2) is 11.5 Å². The number of fused-ring (bicyclic) bond motifs is 1. The molecule has 0 radical (unpaired) electrons. The van der Waals surface area contributed by atoms with E-state index in [0.29, 0.717) is 36.1 Å². The van der Waals surface area contributed by atoms with Gasteiger partial charge in [-0.15, -0.1) is 0 Å². The lowest BCUT2D eigenvalue weighted by Crippen LogP contribution is -2.37. The van der Waals surface area contributed by atoms with Gasteiger partial charge < -0.3 is 24.6 Å². The summed E-state index contributed by atoms with van der Waals surface area (Å²) in [6, 6.07) is 3.00. The minimum Gasteiger partial charge on any atom is -0.496 e. The lowest BCUT2D eigenvalue weighted by atomic mass is 10.0. The van der Waals surface area contributed by atoms with E-state index in [1.165, 1.54) is 0 Å². The molecule has 2 rings (SSSR count). The summed E-state index contributed by atoms with van der Waals surface area (Å²) < 4.78 is 16.0. The molecule has 1 atom stereocenters. The van der Waals surface area contributed by atoms with E-state index < -0.39 is 12.0 Å². The Bertz CT molecular complexity index is 515. The quantitative estimate of drug-likeness (QED) is 0.801. The molecule has 0 bridgehead atoms. The first-order valence-corrected chi connectivity index (χ1v) is 6.94. The molecule has 1 unspecified atom stereocenters. The van der Waals surface area contributed by atoms with Gasteiger partial charge >= 0.3 is 5.97 Å². The molecule has 0 saturated heterocycles. The van der Waals surface area contributed by atoms with Gasteiger partial charge in [0, 0.05) is 18.2 Å². The molecule has 1 aromatic rings. The molecule has 6 heteroatoms. The third-order valence-electron chi connectivity index (χ3n) is 3.32. The number of aliphatic carboxylic acids is 1. The van der Waals surface area contributed by atoms with Crippen LogP contribution < -0.4 is 19.5 Å². The van der Waals surface area contributed by atoms with Gasteiger partial charge in [-0.05, 0) is 18.4 Å². The van der Waals surface area contributed by atoms with E-state index >= 15 is 0 Å². The third kappa shape index (κ3) is 3.78. The number of nitrogens with one attached hydrogen (secondary N) is 1. The fourth-order valence-corrected chi connectivity index (χ4v) is 2.27. The van der Waals surface area contributed by atoms with Crippen molar-refractivity contribution in [3.05, 3.63) is 17.7 Å². The van der Waals surface area contributed by atoms with Gasteiger partial charge in [0.2, 0.25) is 6.79 Å². The number of rotatable bonds is 7. The molecular formula is C15H21NO5. The summed E-state index contributed by atoms with van der Waals surface area (Å²) in [6.07, 6.45) is 0.572. The van der Waals surface area contributed by atoms with Crippen LogP contribution in [0.4, 0.5) is 0 Å². The van der Waals surface area contributed by atoms with Crippen LogP contribution in [0.25, 0.3) is 0 Å². The monoisotopic (exact) mass is 295 g/mol. The smallest absolute Gasteiger partial charge is 0.320 e. The Kier molecular flexibility index (Phi) is 4.90. The fourth-order valence-electron chi connectivity index (χ4n) is 2.27. The first-order valence-electron chi connectivity index (χ1n) is 6.94. The van der Waals surface area contributed by atoms with Gasteiger partial charge in [0.25, 0.3) is 0 Å². The second kappa shape index (κ2) is 6.67. The van der Waals surface area contributed by atoms with Crippen LogP contribution in [-0.2, 0) is 11.3 Å². The Hall–Kier alpha value is -1.95. The van der Waals surface area contributed by atoms with Crippen LogP contribution in [0, 0.1) is 5.92 Å². The standard InChI is InChI=1S/C15H21NO5/c1-9(2)4-11(15(17)18)16-7-10-5-13-14(21-8-20-13)6-12(10)19-3/h5-6,9,11,16H,4,7-8H2,1-3H3,(H,17,18). The van der Waals surface area contributed by atoms with Crippen molar-refractivity contribution in [2.75, 3.05) is 13.9 Å². The zero-order chi connectivity index (χ0) is 15.4. The second-order valence-corrected chi connectivity index (χ2v) is 5.42. The van der Waals surface area contributed by atoms with Crippen LogP contribution in [0.5, 0.6) is 17.2 Å². The highest BCUT2D eigenvalue weighted by Gasteiger charge is 2.21. The van der Waals surface area contributed by atoms with E-state index in [9.17, 15) is 9.90 Å². The molecule has 0 aliphatic carbocycles. The van der Waals surface area contributed by atoms with Gasteiger partial charge in [0.1, 0.15) is 11.8 Å². The molecule has 1 heterocycles. The highest BCUT2D eigenvalue weighted by Crippen LogP contribution is 2.38. The minimum atomic E-state index is -0.844. The van der Waals surface area contributed by atoms with Crippen LogP contribution in [-0.4, -0.2) is 31.0 Å². The normalized spacial score (nSPS) is 14.3. The Morgan fingerprint density at radius 2 is 2.05 bits per heavy atom. The second-order valence-electron chi connectivity index (χ2n) is 5.42. The number of benzene rings is 1. The minimum absolute atomic E-state index is 0.195. The Balaban J connectivity index is 2.09. The Morgan fingerprint density at radius 1 is 1.38 bits per heavy atom. The van der Waals surface area contributed by atoms with Crippen molar-refractivity contribution in [2.45, 2.75) is 32.9 Å². The molecule has 0 saturated carbocycles. The molecule has 2 N–H and O–H groups in total. The summed E-state index contributed by atoms with van der Waals surface area (Å²) in [5, 5.41) is 12.3. The maximum Gasteiger partial charge on any atom is 0.320 e. The number of carboxylic acids is 1. The van der Waals surface area contributed by atoms with Gasteiger partial charge in [-0.25, -0.2) is 0 Å². The van der Waals surface area contributed by atoms with Gasteiger partial charge in [-0.2, -0.15) is 0 Å². The summed E-state index contributed by atoms with van der Waals surface area (Å²) >= 11 is 0. The van der Waals surface area contributed by atoms with Crippen molar-refractivity contribution in [1.82, 2.24) is 5.32 Å². The molecule has 21 heavy (non-hydrogen) atoms. The topological polar surface area (TPSA) is 77.0 Å². The molecule has 0 spiro atoms. The lowest BCUT2D eigenvalue weighted by molar-refractivity contribution is -0.140. The zero-order valence-electron chi connectivity index (χ0n) is 12.5. The first-order chi connectivity index (χ1) is 10.0. The molecule has 0 aromatic heterocycles. The average Bonchev–Trinajstić information content (AvgIpc) is 2.88. The van der Waals surface area contributed by atoms with Crippen molar-refractivity contribution >= 4 is 5.97 Å². The predicted octanol–water partition coefficient (Wildman–Crippen LogP) is 2.01. The van der Waals surface area contributed by atoms with Crippen molar-refractivity contribution in [2.24, 2.45) is 5.92 Å². The van der Waals surface area contributed by atoms with Crippen LogP contribution in [0.1, 0.15) is 25.8 Å². The fraction of sp³-hybridized carbons (Fsp3) is 0.533. The lowest BCUT2D eigenvalue weighted by Gasteiger charge is -2.17. The number of hydrogen-bond acceptors (Lipinski definition) is 5. The number of carbonyl (C=O) groups is 1. The maximum absolute atomic E-state index is 11.3. The van der Waals surface area contributed by atoms with E-state index in [2.05, 4.69) is 5.32 Å². The van der Waals surface area contributed by atoms with Gasteiger partial charge in [-0.3, -0.25) is 4.79 Å². The summed E-state index contributed by atoms with van der Waals surface area (Å²) in [6.45, 7) is 4.58. The van der Waals surface area contributed by atoms with Crippen LogP contribution >= 0.6 is 0 Å². The van der Waals surface area contributed by atoms with E-state index in [4.69, 9.17) is 14.2 Å². The van der Waals surface area contributed by atoms with Crippen LogP contribution in [0.2, 0.25) is 0 Å². The SMILES string of the molecule is COc1cc2c(cc1CNC(CC(C)C)C(=O)O)OCO2. The van der Waals surface area contributed by atoms with Crippen molar-refractivity contribution in [3.8, 4) is 17.2 Å². The number of carboxylic acid groups (broad SMARTS) is 1. The van der Waals surface area contributed by atoms with Crippen LogP contribution in [0.3, 0.4) is 0 Å². The molecule has 116 valence electrons. The highest BCUT2D eigenvalue weighted by atomic mass is 16.7. The largest absolute Gasteiger partial charge is 0.496 e. The van der Waals surface area contributed by atoms with Gasteiger partial charge in [-0.1, -0.05) is 13.8 Å². The van der Waals surface area contributed by atoms with E-state index in [0.717, 1.165) is 5.56 Å². The maximum atomic E-state index is 11.3. The average molecular weight is 295 g/mol. The number of methoxy groups -OCH3 is 1. The molecule has 6 nitrogen and oxygen atoms in total. The molecular weight excluding hydrogens is 274 g/mol. The van der Waals surface area contributed by atoms with Crippen LogP contribution in [0.15, 0.2) is 12.1 Å². The molecule has 0 fully saturated rings. The van der Waals surface area contributed by atoms with E-state index in [-0.39, 0.29) is 6.79 Å². The molecule has 0 amide bonds. The molecule has 1 aromatic carbocycles. The predicted molar refractivity (Wildman–Crippen MR) is 76.8 cm³/mol. The van der Waals surface area contributed by atoms with Crippen molar-refractivity contribution in [3.63, 3.8) is 0 Å². The Morgan fingerprint density at radius 3 is 2.62 bits per heavy atom. The van der Waals surface area contributed by atoms with Gasteiger partial charge in [0.05, 0.1) is 7.11 Å².